The Hall–Kier alpha value is -1.85. The van der Waals surface area contributed by atoms with E-state index in [1.807, 2.05) is 6.92 Å². The van der Waals surface area contributed by atoms with Gasteiger partial charge in [-0.3, -0.25) is 4.79 Å². The van der Waals surface area contributed by atoms with Gasteiger partial charge in [0.05, 0.1) is 14.2 Å². The number of rotatable bonds is 6. The minimum atomic E-state index is -0.871. The molecule has 0 aliphatic carbocycles. The summed E-state index contributed by atoms with van der Waals surface area (Å²) in [5.41, 5.74) is -0.365. The van der Waals surface area contributed by atoms with E-state index in [2.05, 4.69) is 14.8 Å². The van der Waals surface area contributed by atoms with Crippen LogP contribution in [0.15, 0.2) is 11.6 Å². The molecule has 0 atom stereocenters. The smallest absolute Gasteiger partial charge is 0.343 e. The summed E-state index contributed by atoms with van der Waals surface area (Å²) in [6, 6.07) is 0. The third-order valence-corrected chi connectivity index (χ3v) is 1.93. The SMILES string of the molecule is CCCCNC(=O)/C(=C\C(=O)OC)C(=O)OC. The summed E-state index contributed by atoms with van der Waals surface area (Å²) < 4.78 is 8.76. The van der Waals surface area contributed by atoms with Gasteiger partial charge in [0.25, 0.3) is 5.91 Å². The first-order chi connectivity index (χ1) is 8.06. The quantitative estimate of drug-likeness (QED) is 0.236. The van der Waals surface area contributed by atoms with Crippen molar-refractivity contribution >= 4 is 17.8 Å². The van der Waals surface area contributed by atoms with E-state index in [0.29, 0.717) is 6.54 Å². The van der Waals surface area contributed by atoms with Crippen molar-refractivity contribution in [2.45, 2.75) is 19.8 Å². The highest BCUT2D eigenvalue weighted by Gasteiger charge is 2.20. The van der Waals surface area contributed by atoms with Gasteiger partial charge >= 0.3 is 11.9 Å². The Balaban J connectivity index is 4.69. The number of carbonyl (C=O) groups is 3. The van der Waals surface area contributed by atoms with Gasteiger partial charge in [-0.1, -0.05) is 13.3 Å². The monoisotopic (exact) mass is 243 g/mol. The van der Waals surface area contributed by atoms with Gasteiger partial charge in [-0.2, -0.15) is 0 Å². The van der Waals surface area contributed by atoms with Crippen molar-refractivity contribution in [3.8, 4) is 0 Å². The third-order valence-electron chi connectivity index (χ3n) is 1.93. The third kappa shape index (κ3) is 5.70. The second-order valence-electron chi connectivity index (χ2n) is 3.18. The molecule has 0 unspecified atom stereocenters. The lowest BCUT2D eigenvalue weighted by molar-refractivity contribution is -0.140. The fourth-order valence-corrected chi connectivity index (χ4v) is 0.978. The molecular weight excluding hydrogens is 226 g/mol. The number of carbonyl (C=O) groups excluding carboxylic acids is 3. The number of esters is 2. The van der Waals surface area contributed by atoms with Gasteiger partial charge in [0.1, 0.15) is 5.57 Å². The minimum Gasteiger partial charge on any atom is -0.466 e. The summed E-state index contributed by atoms with van der Waals surface area (Å²) in [5, 5.41) is 2.51. The fraction of sp³-hybridized carbons (Fsp3) is 0.545. The summed E-state index contributed by atoms with van der Waals surface area (Å²) in [4.78, 5) is 33.9. The number of methoxy groups -OCH3 is 2. The van der Waals surface area contributed by atoms with Gasteiger partial charge in [-0.05, 0) is 6.42 Å². The maximum absolute atomic E-state index is 11.6. The summed E-state index contributed by atoms with van der Waals surface area (Å²) in [7, 11) is 2.29. The number of amides is 1. The van der Waals surface area contributed by atoms with Crippen LogP contribution in [0.1, 0.15) is 19.8 Å². The normalized spacial score (nSPS) is 10.6. The van der Waals surface area contributed by atoms with Crippen molar-refractivity contribution in [3.63, 3.8) is 0 Å². The Morgan fingerprint density at radius 3 is 2.29 bits per heavy atom. The predicted octanol–water partition coefficient (Wildman–Crippen LogP) is 0.175. The Kier molecular flexibility index (Phi) is 7.41. The van der Waals surface area contributed by atoms with Crippen LogP contribution in [-0.2, 0) is 23.9 Å². The highest BCUT2D eigenvalue weighted by atomic mass is 16.5. The molecule has 0 aromatic heterocycles. The highest BCUT2D eigenvalue weighted by Crippen LogP contribution is 1.99. The summed E-state index contributed by atoms with van der Waals surface area (Å²) in [6.07, 6.45) is 2.51. The van der Waals surface area contributed by atoms with Crippen LogP contribution in [0.25, 0.3) is 0 Å². The van der Waals surface area contributed by atoms with E-state index in [9.17, 15) is 14.4 Å². The first-order valence-corrected chi connectivity index (χ1v) is 5.23. The average molecular weight is 243 g/mol. The molecule has 0 aromatic carbocycles. The zero-order valence-corrected chi connectivity index (χ0v) is 10.2. The number of unbranched alkanes of at least 4 members (excludes halogenated alkanes) is 1. The molecule has 17 heavy (non-hydrogen) atoms. The molecule has 96 valence electrons. The van der Waals surface area contributed by atoms with Crippen LogP contribution in [-0.4, -0.2) is 38.6 Å². The Morgan fingerprint density at radius 2 is 1.82 bits per heavy atom. The van der Waals surface area contributed by atoms with Crippen LogP contribution in [0.4, 0.5) is 0 Å². The van der Waals surface area contributed by atoms with Crippen LogP contribution in [0.2, 0.25) is 0 Å². The molecule has 0 saturated heterocycles. The number of ether oxygens (including phenoxy) is 2. The molecule has 0 radical (unpaired) electrons. The van der Waals surface area contributed by atoms with Gasteiger partial charge < -0.3 is 14.8 Å². The van der Waals surface area contributed by atoms with E-state index in [0.717, 1.165) is 33.1 Å². The molecule has 1 amide bonds. The van der Waals surface area contributed by atoms with Crippen LogP contribution >= 0.6 is 0 Å². The topological polar surface area (TPSA) is 81.7 Å². The molecular formula is C11H17NO5. The van der Waals surface area contributed by atoms with Gasteiger partial charge in [0, 0.05) is 12.6 Å². The van der Waals surface area contributed by atoms with Crippen molar-refractivity contribution in [2.24, 2.45) is 0 Å². The van der Waals surface area contributed by atoms with E-state index in [1.165, 1.54) is 0 Å². The molecule has 0 fully saturated rings. The van der Waals surface area contributed by atoms with E-state index in [1.54, 1.807) is 0 Å². The lowest BCUT2D eigenvalue weighted by Crippen LogP contribution is -2.30. The van der Waals surface area contributed by atoms with Gasteiger partial charge in [0.2, 0.25) is 0 Å². The number of nitrogens with one attached hydrogen (secondary N) is 1. The van der Waals surface area contributed by atoms with E-state index >= 15 is 0 Å². The van der Waals surface area contributed by atoms with Crippen LogP contribution in [0.3, 0.4) is 0 Å². The van der Waals surface area contributed by atoms with Crippen molar-refractivity contribution in [2.75, 3.05) is 20.8 Å². The molecule has 0 aliphatic heterocycles. The average Bonchev–Trinajstić information content (AvgIpc) is 2.34. The van der Waals surface area contributed by atoms with Crippen molar-refractivity contribution in [1.82, 2.24) is 5.32 Å². The van der Waals surface area contributed by atoms with E-state index < -0.39 is 17.8 Å². The van der Waals surface area contributed by atoms with Gasteiger partial charge in [-0.25, -0.2) is 9.59 Å². The molecule has 0 saturated carbocycles. The number of hydrogen-bond acceptors (Lipinski definition) is 5. The van der Waals surface area contributed by atoms with Crippen LogP contribution in [0.5, 0.6) is 0 Å². The van der Waals surface area contributed by atoms with Crippen molar-refractivity contribution < 1.29 is 23.9 Å². The van der Waals surface area contributed by atoms with Crippen molar-refractivity contribution in [3.05, 3.63) is 11.6 Å². The fourth-order valence-electron chi connectivity index (χ4n) is 0.978. The first kappa shape index (κ1) is 15.2. The Labute approximate surface area is 100.0 Å². The van der Waals surface area contributed by atoms with Gasteiger partial charge in [0.15, 0.2) is 0 Å². The molecule has 6 heteroatoms. The Morgan fingerprint density at radius 1 is 1.18 bits per heavy atom. The van der Waals surface area contributed by atoms with Gasteiger partial charge in [-0.15, -0.1) is 0 Å². The maximum atomic E-state index is 11.6. The van der Waals surface area contributed by atoms with Crippen LogP contribution in [0, 0.1) is 0 Å². The Bertz CT molecular complexity index is 322. The molecule has 0 aliphatic rings. The second-order valence-corrected chi connectivity index (χ2v) is 3.18. The molecule has 1 N–H and O–H groups in total. The van der Waals surface area contributed by atoms with E-state index in [-0.39, 0.29) is 5.57 Å². The minimum absolute atomic E-state index is 0.365. The van der Waals surface area contributed by atoms with E-state index in [4.69, 9.17) is 0 Å². The first-order valence-electron chi connectivity index (χ1n) is 5.23. The second kappa shape index (κ2) is 8.32. The molecule has 0 aromatic rings. The van der Waals surface area contributed by atoms with Crippen molar-refractivity contribution in [1.29, 1.82) is 0 Å². The lowest BCUT2D eigenvalue weighted by atomic mass is 10.2. The molecule has 0 heterocycles. The predicted molar refractivity (Wildman–Crippen MR) is 60.0 cm³/mol. The number of hydrogen-bond donors (Lipinski definition) is 1. The highest BCUT2D eigenvalue weighted by molar-refractivity contribution is 6.19. The summed E-state index contributed by atoms with van der Waals surface area (Å²) in [6.45, 7) is 2.41. The molecule has 6 nitrogen and oxygen atoms in total. The maximum Gasteiger partial charge on any atom is 0.343 e. The molecule has 0 bridgehead atoms. The zero-order valence-electron chi connectivity index (χ0n) is 10.2. The summed E-state index contributed by atoms with van der Waals surface area (Å²) in [5.74, 6) is -2.30. The largest absolute Gasteiger partial charge is 0.466 e. The lowest BCUT2D eigenvalue weighted by Gasteiger charge is -2.06. The molecule has 0 spiro atoms. The molecule has 0 rings (SSSR count). The standard InChI is InChI=1S/C11H17NO5/c1-4-5-6-12-10(14)8(11(15)17-3)7-9(13)16-2/h7H,4-6H2,1-3H3,(H,12,14)/b8-7+. The summed E-state index contributed by atoms with van der Waals surface area (Å²) >= 11 is 0. The zero-order chi connectivity index (χ0) is 13.3. The van der Waals surface area contributed by atoms with Crippen LogP contribution < -0.4 is 5.32 Å².